The standard InChI is InChI=1S/C15H25N2O4P/c1-4-6-21-14(20)15(7-10(15)5-2)16-13(19)12-9(3)11(18)8-17(12)22/h5,9-12,18H,2,4,6-8,22H2,1,3H3,(H,16,19)/t9?,10-,11+,12+,15-/m1/s1. The topological polar surface area (TPSA) is 78.9 Å². The maximum absolute atomic E-state index is 12.6. The van der Waals surface area contributed by atoms with E-state index in [9.17, 15) is 14.7 Å². The minimum Gasteiger partial charge on any atom is -0.464 e. The number of esters is 1. The van der Waals surface area contributed by atoms with Crippen LogP contribution < -0.4 is 5.32 Å². The van der Waals surface area contributed by atoms with E-state index in [0.717, 1.165) is 6.42 Å². The Morgan fingerprint density at radius 2 is 2.27 bits per heavy atom. The van der Waals surface area contributed by atoms with Crippen molar-refractivity contribution in [2.75, 3.05) is 13.2 Å². The molecule has 0 aromatic carbocycles. The van der Waals surface area contributed by atoms with Crippen LogP contribution >= 0.6 is 9.39 Å². The molecule has 1 aliphatic heterocycles. The number of carbonyl (C=O) groups excluding carboxylic acids is 2. The lowest BCUT2D eigenvalue weighted by Gasteiger charge is -2.25. The van der Waals surface area contributed by atoms with E-state index in [1.807, 2.05) is 13.8 Å². The van der Waals surface area contributed by atoms with Crippen molar-refractivity contribution in [2.24, 2.45) is 11.8 Å². The summed E-state index contributed by atoms with van der Waals surface area (Å²) >= 11 is 0. The number of aliphatic hydroxyl groups is 1. The van der Waals surface area contributed by atoms with Crippen LogP contribution in [0.1, 0.15) is 26.7 Å². The molecule has 0 aromatic heterocycles. The Bertz CT molecular complexity index is 472. The van der Waals surface area contributed by atoms with Crippen LogP contribution in [0.3, 0.4) is 0 Å². The number of hydrogen-bond donors (Lipinski definition) is 2. The third-order valence-corrected chi connectivity index (χ3v) is 5.11. The van der Waals surface area contributed by atoms with Gasteiger partial charge in [0.2, 0.25) is 5.91 Å². The van der Waals surface area contributed by atoms with Crippen molar-refractivity contribution in [1.29, 1.82) is 0 Å². The number of carbonyl (C=O) groups is 2. The van der Waals surface area contributed by atoms with Crippen LogP contribution in [0.2, 0.25) is 0 Å². The summed E-state index contributed by atoms with van der Waals surface area (Å²) in [7, 11) is 2.47. The van der Waals surface area contributed by atoms with E-state index >= 15 is 0 Å². The molecule has 2 unspecified atom stereocenters. The first-order chi connectivity index (χ1) is 10.4. The molecule has 0 aromatic rings. The molecule has 0 radical (unpaired) electrons. The molecule has 1 amide bonds. The van der Waals surface area contributed by atoms with Crippen molar-refractivity contribution in [1.82, 2.24) is 9.99 Å². The Kier molecular flexibility index (Phi) is 5.25. The Morgan fingerprint density at radius 1 is 1.59 bits per heavy atom. The van der Waals surface area contributed by atoms with Crippen LogP contribution in [-0.2, 0) is 14.3 Å². The van der Waals surface area contributed by atoms with Crippen molar-refractivity contribution < 1.29 is 19.4 Å². The minimum absolute atomic E-state index is 0.0969. The summed E-state index contributed by atoms with van der Waals surface area (Å²) in [6.07, 6.45) is 2.38. The summed E-state index contributed by atoms with van der Waals surface area (Å²) in [4.78, 5) is 24.9. The first-order valence-electron chi connectivity index (χ1n) is 7.68. The van der Waals surface area contributed by atoms with Crippen LogP contribution in [0.25, 0.3) is 0 Å². The lowest BCUT2D eigenvalue weighted by molar-refractivity contribution is -0.150. The lowest BCUT2D eigenvalue weighted by Crippen LogP contribution is -2.52. The molecule has 22 heavy (non-hydrogen) atoms. The SMILES string of the molecule is C=C[C@@H]1C[C@]1(NC(=O)[C@@H]1C(C)[C@@H](O)CN1P)C(=O)OCCC. The Morgan fingerprint density at radius 3 is 2.73 bits per heavy atom. The first kappa shape index (κ1) is 17.4. The second-order valence-corrected chi connectivity index (χ2v) is 6.87. The molecule has 1 saturated heterocycles. The van der Waals surface area contributed by atoms with Crippen molar-refractivity contribution in [2.45, 2.75) is 44.4 Å². The van der Waals surface area contributed by atoms with E-state index < -0.39 is 23.7 Å². The molecule has 1 saturated carbocycles. The monoisotopic (exact) mass is 328 g/mol. The van der Waals surface area contributed by atoms with Gasteiger partial charge < -0.3 is 15.2 Å². The van der Waals surface area contributed by atoms with E-state index in [0.29, 0.717) is 19.6 Å². The highest BCUT2D eigenvalue weighted by Gasteiger charge is 2.62. The number of nitrogens with zero attached hydrogens (tertiary/aromatic N) is 1. The maximum atomic E-state index is 12.6. The Labute approximate surface area is 133 Å². The van der Waals surface area contributed by atoms with Gasteiger partial charge in [-0.05, 0) is 12.8 Å². The third-order valence-electron chi connectivity index (χ3n) is 4.58. The van der Waals surface area contributed by atoms with E-state index in [1.165, 1.54) is 0 Å². The summed E-state index contributed by atoms with van der Waals surface area (Å²) in [5.41, 5.74) is -0.979. The summed E-state index contributed by atoms with van der Waals surface area (Å²) < 4.78 is 6.96. The molecule has 2 aliphatic rings. The molecule has 0 spiro atoms. The van der Waals surface area contributed by atoms with Gasteiger partial charge in [-0.1, -0.05) is 29.3 Å². The first-order valence-corrected chi connectivity index (χ1v) is 8.20. The third kappa shape index (κ3) is 3.05. The van der Waals surface area contributed by atoms with E-state index in [2.05, 4.69) is 21.3 Å². The summed E-state index contributed by atoms with van der Waals surface area (Å²) in [5.74, 6) is -0.937. The van der Waals surface area contributed by atoms with E-state index in [4.69, 9.17) is 4.74 Å². The van der Waals surface area contributed by atoms with Gasteiger partial charge in [-0.15, -0.1) is 6.58 Å². The van der Waals surface area contributed by atoms with Crippen LogP contribution in [0, 0.1) is 11.8 Å². The van der Waals surface area contributed by atoms with Crippen LogP contribution in [0.4, 0.5) is 0 Å². The average Bonchev–Trinajstić information content (AvgIpc) is 3.12. The van der Waals surface area contributed by atoms with Gasteiger partial charge in [-0.2, -0.15) is 0 Å². The fourth-order valence-electron chi connectivity index (χ4n) is 3.02. The van der Waals surface area contributed by atoms with Gasteiger partial charge in [0.25, 0.3) is 0 Å². The average molecular weight is 328 g/mol. The molecule has 2 rings (SSSR count). The molecule has 7 heteroatoms. The zero-order valence-electron chi connectivity index (χ0n) is 13.1. The van der Waals surface area contributed by atoms with E-state index in [-0.39, 0.29) is 17.7 Å². The van der Waals surface area contributed by atoms with Crippen LogP contribution in [-0.4, -0.2) is 52.5 Å². The molecule has 0 bridgehead atoms. The second-order valence-electron chi connectivity index (χ2n) is 6.21. The molecular weight excluding hydrogens is 303 g/mol. The van der Waals surface area contributed by atoms with Gasteiger partial charge in [0, 0.05) is 18.4 Å². The van der Waals surface area contributed by atoms with Gasteiger partial charge in [0.15, 0.2) is 0 Å². The van der Waals surface area contributed by atoms with Gasteiger partial charge in [0.05, 0.1) is 18.8 Å². The number of hydrogen-bond acceptors (Lipinski definition) is 5. The molecule has 124 valence electrons. The molecule has 6 nitrogen and oxygen atoms in total. The van der Waals surface area contributed by atoms with E-state index in [1.54, 1.807) is 10.7 Å². The maximum Gasteiger partial charge on any atom is 0.332 e. The summed E-state index contributed by atoms with van der Waals surface area (Å²) in [5, 5.41) is 12.7. The normalized spacial score (nSPS) is 37.6. The number of ether oxygens (including phenoxy) is 1. The Balaban J connectivity index is 2.07. The van der Waals surface area contributed by atoms with Crippen LogP contribution in [0.5, 0.6) is 0 Å². The Hall–Kier alpha value is -0.970. The fourth-order valence-corrected chi connectivity index (χ4v) is 3.64. The van der Waals surface area contributed by atoms with Gasteiger partial charge in [-0.25, -0.2) is 4.79 Å². The number of amides is 1. The van der Waals surface area contributed by atoms with Crippen molar-refractivity contribution >= 4 is 21.3 Å². The number of rotatable bonds is 6. The number of aliphatic hydroxyl groups excluding tert-OH is 1. The second kappa shape index (κ2) is 6.65. The molecule has 2 N–H and O–H groups in total. The number of β-amino-alcohol motifs (C(OH)–C–C–N with tert-alkyl or cyclic N) is 1. The van der Waals surface area contributed by atoms with Crippen LogP contribution in [0.15, 0.2) is 12.7 Å². The minimum atomic E-state index is -0.979. The van der Waals surface area contributed by atoms with Crippen molar-refractivity contribution in [3.05, 3.63) is 12.7 Å². The predicted octanol–water partition coefficient (Wildman–Crippen LogP) is 0.472. The fraction of sp³-hybridized carbons (Fsp3) is 0.733. The molecule has 1 aliphatic carbocycles. The van der Waals surface area contributed by atoms with Crippen molar-refractivity contribution in [3.63, 3.8) is 0 Å². The lowest BCUT2D eigenvalue weighted by atomic mass is 10.00. The predicted molar refractivity (Wildman–Crippen MR) is 85.8 cm³/mol. The van der Waals surface area contributed by atoms with Gasteiger partial charge in [-0.3, -0.25) is 9.46 Å². The molecule has 2 fully saturated rings. The van der Waals surface area contributed by atoms with Gasteiger partial charge in [0.1, 0.15) is 5.54 Å². The number of nitrogens with one attached hydrogen (secondary N) is 1. The summed E-state index contributed by atoms with van der Waals surface area (Å²) in [6, 6.07) is -0.470. The largest absolute Gasteiger partial charge is 0.464 e. The molecular formula is C15H25N2O4P. The zero-order chi connectivity index (χ0) is 16.5. The quantitative estimate of drug-likeness (QED) is 0.421. The molecule has 6 atom stereocenters. The molecule has 1 heterocycles. The zero-order valence-corrected chi connectivity index (χ0v) is 14.3. The summed E-state index contributed by atoms with van der Waals surface area (Å²) in [6.45, 7) is 8.23. The highest BCUT2D eigenvalue weighted by atomic mass is 31.0. The van der Waals surface area contributed by atoms with Crippen molar-refractivity contribution in [3.8, 4) is 0 Å². The highest BCUT2D eigenvalue weighted by Crippen LogP contribution is 2.46. The van der Waals surface area contributed by atoms with Gasteiger partial charge >= 0.3 is 5.97 Å². The highest BCUT2D eigenvalue weighted by molar-refractivity contribution is 7.13. The smallest absolute Gasteiger partial charge is 0.332 e.